The number of carbonyl (C=O) groups is 1. The van der Waals surface area contributed by atoms with Crippen LogP contribution in [0.1, 0.15) is 16.1 Å². The number of carbonyl (C=O) groups excluding carboxylic acids is 1. The van der Waals surface area contributed by atoms with E-state index in [-0.39, 0.29) is 5.91 Å². The summed E-state index contributed by atoms with van der Waals surface area (Å²) in [5.41, 5.74) is 2.03. The summed E-state index contributed by atoms with van der Waals surface area (Å²) in [4.78, 5) is 19.8. The summed E-state index contributed by atoms with van der Waals surface area (Å²) >= 11 is 3.27. The largest absolute Gasteiger partial charge is 0.319 e. The average molecular weight is 292 g/mol. The van der Waals surface area contributed by atoms with Gasteiger partial charge in [0.2, 0.25) is 0 Å². The maximum Gasteiger partial charge on any atom is 0.274 e. The fourth-order valence-corrected chi connectivity index (χ4v) is 1.53. The number of halogens is 1. The second kappa shape index (κ2) is 5.05. The normalized spacial score (nSPS) is 10.0. The number of aryl methyl sites for hydroxylation is 1. The molecule has 86 valence electrons. The Balaban J connectivity index is 2.17. The molecule has 0 saturated carbocycles. The topological polar surface area (TPSA) is 54.9 Å². The maximum absolute atomic E-state index is 11.9. The Morgan fingerprint density at radius 1 is 1.29 bits per heavy atom. The van der Waals surface area contributed by atoms with E-state index in [1.54, 1.807) is 30.7 Å². The van der Waals surface area contributed by atoms with Crippen LogP contribution < -0.4 is 5.32 Å². The zero-order valence-electron chi connectivity index (χ0n) is 9.14. The highest BCUT2D eigenvalue weighted by Crippen LogP contribution is 2.13. The van der Waals surface area contributed by atoms with E-state index in [2.05, 4.69) is 31.2 Å². The Morgan fingerprint density at radius 3 is 2.76 bits per heavy atom. The van der Waals surface area contributed by atoms with E-state index >= 15 is 0 Å². The summed E-state index contributed by atoms with van der Waals surface area (Å²) in [6.45, 7) is 1.91. The fourth-order valence-electron chi connectivity index (χ4n) is 1.29. The van der Waals surface area contributed by atoms with E-state index in [1.165, 1.54) is 0 Å². The van der Waals surface area contributed by atoms with Crippen molar-refractivity contribution in [2.75, 3.05) is 5.32 Å². The van der Waals surface area contributed by atoms with Gasteiger partial charge in [-0.05, 0) is 46.6 Å². The van der Waals surface area contributed by atoms with Crippen molar-refractivity contribution >= 4 is 27.5 Å². The van der Waals surface area contributed by atoms with Crippen molar-refractivity contribution in [3.8, 4) is 0 Å². The Labute approximate surface area is 107 Å². The highest BCUT2D eigenvalue weighted by atomic mass is 79.9. The molecule has 1 amide bonds. The standard InChI is InChI=1S/C12H10BrN3O/c1-8-4-5-14-7-11(8)16-12(17)10-3-2-9(13)6-15-10/h2-7H,1H3,(H,16,17). The average Bonchev–Trinajstić information content (AvgIpc) is 2.33. The molecule has 2 heterocycles. The highest BCUT2D eigenvalue weighted by Gasteiger charge is 2.08. The Morgan fingerprint density at radius 2 is 2.12 bits per heavy atom. The molecule has 0 aliphatic rings. The number of amides is 1. The zero-order chi connectivity index (χ0) is 12.3. The summed E-state index contributed by atoms with van der Waals surface area (Å²) in [5, 5.41) is 2.77. The van der Waals surface area contributed by atoms with E-state index in [0.29, 0.717) is 11.4 Å². The third-order valence-corrected chi connectivity index (χ3v) is 2.72. The molecule has 2 aromatic rings. The molecule has 0 spiro atoms. The van der Waals surface area contributed by atoms with Gasteiger partial charge < -0.3 is 5.32 Å². The third-order valence-electron chi connectivity index (χ3n) is 2.25. The van der Waals surface area contributed by atoms with Crippen molar-refractivity contribution in [2.24, 2.45) is 0 Å². The number of nitrogens with zero attached hydrogens (tertiary/aromatic N) is 2. The Bertz CT molecular complexity index is 540. The van der Waals surface area contributed by atoms with Crippen LogP contribution in [-0.4, -0.2) is 15.9 Å². The molecule has 0 atom stereocenters. The predicted octanol–water partition coefficient (Wildman–Crippen LogP) is 2.80. The second-order valence-corrected chi connectivity index (χ2v) is 4.42. The van der Waals surface area contributed by atoms with Crippen LogP contribution in [0.5, 0.6) is 0 Å². The van der Waals surface area contributed by atoms with Crippen molar-refractivity contribution in [3.05, 3.63) is 52.5 Å². The van der Waals surface area contributed by atoms with E-state index in [1.807, 2.05) is 13.0 Å². The molecule has 0 saturated heterocycles. The molecule has 2 aromatic heterocycles. The van der Waals surface area contributed by atoms with Gasteiger partial charge in [-0.1, -0.05) is 0 Å². The van der Waals surface area contributed by atoms with Crippen molar-refractivity contribution in [2.45, 2.75) is 6.92 Å². The number of pyridine rings is 2. The van der Waals surface area contributed by atoms with Crippen LogP contribution in [0.3, 0.4) is 0 Å². The molecule has 2 rings (SSSR count). The van der Waals surface area contributed by atoms with Crippen molar-refractivity contribution in [1.29, 1.82) is 0 Å². The number of nitrogens with one attached hydrogen (secondary N) is 1. The predicted molar refractivity (Wildman–Crippen MR) is 68.9 cm³/mol. The first kappa shape index (κ1) is 11.7. The quantitative estimate of drug-likeness (QED) is 0.926. The lowest BCUT2D eigenvalue weighted by atomic mass is 10.2. The molecular formula is C12H10BrN3O. The van der Waals surface area contributed by atoms with Crippen LogP contribution in [0.25, 0.3) is 0 Å². The first-order valence-corrected chi connectivity index (χ1v) is 5.79. The van der Waals surface area contributed by atoms with Gasteiger partial charge in [0.15, 0.2) is 0 Å². The Hall–Kier alpha value is -1.75. The lowest BCUT2D eigenvalue weighted by Gasteiger charge is -2.06. The van der Waals surface area contributed by atoms with E-state index in [9.17, 15) is 4.79 Å². The molecule has 0 aliphatic heterocycles. The fraction of sp³-hybridized carbons (Fsp3) is 0.0833. The van der Waals surface area contributed by atoms with Crippen molar-refractivity contribution < 1.29 is 4.79 Å². The molecule has 17 heavy (non-hydrogen) atoms. The smallest absolute Gasteiger partial charge is 0.274 e. The van der Waals surface area contributed by atoms with Gasteiger partial charge in [0, 0.05) is 16.9 Å². The SMILES string of the molecule is Cc1ccncc1NC(=O)c1ccc(Br)cn1. The van der Waals surface area contributed by atoms with Crippen LogP contribution in [0.2, 0.25) is 0 Å². The van der Waals surface area contributed by atoms with Crippen LogP contribution in [0.15, 0.2) is 41.3 Å². The van der Waals surface area contributed by atoms with Crippen LogP contribution >= 0.6 is 15.9 Å². The summed E-state index contributed by atoms with van der Waals surface area (Å²) in [6, 6.07) is 5.27. The minimum Gasteiger partial charge on any atom is -0.319 e. The number of aromatic nitrogens is 2. The van der Waals surface area contributed by atoms with Crippen LogP contribution in [0.4, 0.5) is 5.69 Å². The van der Waals surface area contributed by atoms with Gasteiger partial charge in [-0.25, -0.2) is 4.98 Å². The molecule has 0 radical (unpaired) electrons. The third kappa shape index (κ3) is 2.88. The second-order valence-electron chi connectivity index (χ2n) is 3.51. The number of hydrogen-bond acceptors (Lipinski definition) is 3. The molecule has 0 fully saturated rings. The summed E-state index contributed by atoms with van der Waals surface area (Å²) in [5.74, 6) is -0.242. The minimum absolute atomic E-state index is 0.242. The molecule has 0 aliphatic carbocycles. The van der Waals surface area contributed by atoms with Gasteiger partial charge in [-0.2, -0.15) is 0 Å². The van der Waals surface area contributed by atoms with Crippen LogP contribution in [0, 0.1) is 6.92 Å². The molecule has 1 N–H and O–H groups in total. The molecule has 5 heteroatoms. The molecule has 0 unspecified atom stereocenters. The molecule has 0 aromatic carbocycles. The summed E-state index contributed by atoms with van der Waals surface area (Å²) in [6.07, 6.45) is 4.89. The van der Waals surface area contributed by atoms with Gasteiger partial charge in [0.05, 0.1) is 11.9 Å². The first-order chi connectivity index (χ1) is 8.16. The highest BCUT2D eigenvalue weighted by molar-refractivity contribution is 9.10. The van der Waals surface area contributed by atoms with E-state index < -0.39 is 0 Å². The van der Waals surface area contributed by atoms with Crippen molar-refractivity contribution in [3.63, 3.8) is 0 Å². The zero-order valence-corrected chi connectivity index (χ0v) is 10.7. The monoisotopic (exact) mass is 291 g/mol. The van der Waals surface area contributed by atoms with Gasteiger partial charge in [-0.15, -0.1) is 0 Å². The van der Waals surface area contributed by atoms with Crippen LogP contribution in [-0.2, 0) is 0 Å². The van der Waals surface area contributed by atoms with E-state index in [0.717, 1.165) is 10.0 Å². The maximum atomic E-state index is 11.9. The molecule has 4 nitrogen and oxygen atoms in total. The van der Waals surface area contributed by atoms with E-state index in [4.69, 9.17) is 0 Å². The number of anilines is 1. The van der Waals surface area contributed by atoms with Gasteiger partial charge in [0.1, 0.15) is 5.69 Å². The van der Waals surface area contributed by atoms with Gasteiger partial charge in [-0.3, -0.25) is 9.78 Å². The molecule has 0 bridgehead atoms. The van der Waals surface area contributed by atoms with Crippen molar-refractivity contribution in [1.82, 2.24) is 9.97 Å². The van der Waals surface area contributed by atoms with Gasteiger partial charge >= 0.3 is 0 Å². The first-order valence-electron chi connectivity index (χ1n) is 5.00. The molecular weight excluding hydrogens is 282 g/mol. The lowest BCUT2D eigenvalue weighted by molar-refractivity contribution is 0.102. The number of rotatable bonds is 2. The van der Waals surface area contributed by atoms with Gasteiger partial charge in [0.25, 0.3) is 5.91 Å². The Kier molecular flexibility index (Phi) is 3.49. The lowest BCUT2D eigenvalue weighted by Crippen LogP contribution is -2.14. The number of hydrogen-bond donors (Lipinski definition) is 1. The summed E-state index contributed by atoms with van der Waals surface area (Å²) in [7, 11) is 0. The minimum atomic E-state index is -0.242. The summed E-state index contributed by atoms with van der Waals surface area (Å²) < 4.78 is 0.839.